The van der Waals surface area contributed by atoms with E-state index in [0.717, 1.165) is 50.8 Å². The molecule has 1 heterocycles. The predicted octanol–water partition coefficient (Wildman–Crippen LogP) is 3.82. The first kappa shape index (κ1) is 22.3. The van der Waals surface area contributed by atoms with Gasteiger partial charge in [-0.05, 0) is 73.0 Å². The highest BCUT2D eigenvalue weighted by atomic mass is 35.5. The van der Waals surface area contributed by atoms with E-state index in [2.05, 4.69) is 28.4 Å². The lowest BCUT2D eigenvalue weighted by atomic mass is 9.87. The highest BCUT2D eigenvalue weighted by Gasteiger charge is 2.26. The maximum absolute atomic E-state index is 11.3. The van der Waals surface area contributed by atoms with Crippen molar-refractivity contribution in [1.82, 2.24) is 10.2 Å². The number of carboxylic acid groups (broad SMARTS) is 1. The molecule has 2 aromatic rings. The highest BCUT2D eigenvalue weighted by Crippen LogP contribution is 2.25. The van der Waals surface area contributed by atoms with Gasteiger partial charge in [0.1, 0.15) is 0 Å². The number of likely N-dealkylation sites (tertiary alicyclic amines) is 1. The molecule has 0 amide bonds. The van der Waals surface area contributed by atoms with E-state index in [-0.39, 0.29) is 5.92 Å². The Balaban J connectivity index is 1.33. The van der Waals surface area contributed by atoms with E-state index >= 15 is 0 Å². The second-order valence-corrected chi connectivity index (χ2v) is 9.37. The third kappa shape index (κ3) is 5.86. The maximum atomic E-state index is 11.3. The molecule has 1 fully saturated rings. The number of fused-ring (bicyclic) bond motifs is 1. The van der Waals surface area contributed by atoms with Crippen molar-refractivity contribution in [1.29, 1.82) is 0 Å². The number of rotatable bonds is 7. The third-order valence-corrected chi connectivity index (χ3v) is 6.83. The molecule has 0 saturated carbocycles. The van der Waals surface area contributed by atoms with Crippen LogP contribution in [0, 0.1) is 5.92 Å². The van der Waals surface area contributed by atoms with Gasteiger partial charge in [0.2, 0.25) is 0 Å². The fourth-order valence-electron chi connectivity index (χ4n) is 4.85. The van der Waals surface area contributed by atoms with Gasteiger partial charge in [-0.25, -0.2) is 0 Å². The van der Waals surface area contributed by atoms with E-state index < -0.39 is 12.1 Å². The number of carboxylic acids is 1. The Labute approximate surface area is 189 Å². The van der Waals surface area contributed by atoms with Gasteiger partial charge in [0, 0.05) is 30.7 Å². The number of aryl methyl sites for hydroxylation is 1. The lowest BCUT2D eigenvalue weighted by Gasteiger charge is -2.31. The van der Waals surface area contributed by atoms with Crippen molar-refractivity contribution in [2.24, 2.45) is 5.92 Å². The second-order valence-electron chi connectivity index (χ2n) is 8.93. The molecule has 0 aromatic heterocycles. The first-order valence-electron chi connectivity index (χ1n) is 11.2. The molecule has 0 bridgehead atoms. The standard InChI is InChI=1S/C25H31ClN2O3/c26-22-5-1-3-19(12-22)24(29)14-27-23-9-8-18-7-6-17(11-21(18)13-23)15-28-10-2-4-20(16-28)25(30)31/h1,3,5-7,11-12,20,23-24,27,29H,2,4,8-10,13-16H2,(H,30,31)/t20?,23-,24+/m0/s1. The van der Waals surface area contributed by atoms with E-state index in [1.165, 1.54) is 16.7 Å². The normalized spacial score (nSPS) is 22.6. The van der Waals surface area contributed by atoms with Crippen molar-refractivity contribution >= 4 is 17.6 Å². The van der Waals surface area contributed by atoms with Crippen molar-refractivity contribution in [3.63, 3.8) is 0 Å². The van der Waals surface area contributed by atoms with Crippen LogP contribution in [0.2, 0.25) is 5.02 Å². The van der Waals surface area contributed by atoms with Crippen LogP contribution in [0.4, 0.5) is 0 Å². The van der Waals surface area contributed by atoms with Crippen LogP contribution in [0.5, 0.6) is 0 Å². The molecule has 1 aliphatic carbocycles. The molecule has 0 spiro atoms. The number of nitrogens with zero attached hydrogens (tertiary/aromatic N) is 1. The summed E-state index contributed by atoms with van der Waals surface area (Å²) >= 11 is 6.04. The fourth-order valence-corrected chi connectivity index (χ4v) is 5.05. The number of aliphatic hydroxyl groups excluding tert-OH is 1. The third-order valence-electron chi connectivity index (χ3n) is 6.59. The van der Waals surface area contributed by atoms with Crippen LogP contribution in [-0.4, -0.2) is 46.8 Å². The van der Waals surface area contributed by atoms with Crippen LogP contribution in [0.3, 0.4) is 0 Å². The predicted molar refractivity (Wildman–Crippen MR) is 122 cm³/mol. The van der Waals surface area contributed by atoms with Crippen LogP contribution in [0.25, 0.3) is 0 Å². The molecule has 3 N–H and O–H groups in total. The Morgan fingerprint density at radius 3 is 2.87 bits per heavy atom. The Bertz CT molecular complexity index is 919. The molecule has 1 saturated heterocycles. The Hall–Kier alpha value is -1.92. The quantitative estimate of drug-likeness (QED) is 0.608. The molecular formula is C25H31ClN2O3. The number of benzene rings is 2. The van der Waals surface area contributed by atoms with E-state index in [9.17, 15) is 15.0 Å². The second kappa shape index (κ2) is 10.1. The van der Waals surface area contributed by atoms with Crippen LogP contribution in [-0.2, 0) is 24.2 Å². The Morgan fingerprint density at radius 1 is 1.19 bits per heavy atom. The molecule has 166 valence electrons. The topological polar surface area (TPSA) is 72.8 Å². The van der Waals surface area contributed by atoms with Gasteiger partial charge in [0.15, 0.2) is 0 Å². The molecule has 4 rings (SSSR count). The number of carbonyl (C=O) groups is 1. The van der Waals surface area contributed by atoms with Crippen molar-refractivity contribution in [2.75, 3.05) is 19.6 Å². The molecule has 1 aliphatic heterocycles. The van der Waals surface area contributed by atoms with Crippen molar-refractivity contribution in [2.45, 2.75) is 50.8 Å². The molecule has 31 heavy (non-hydrogen) atoms. The SMILES string of the molecule is O=C(O)C1CCCN(Cc2ccc3c(c2)C[C@@H](NC[C@@H](O)c2cccc(Cl)c2)CC3)C1. The van der Waals surface area contributed by atoms with Crippen molar-refractivity contribution in [3.8, 4) is 0 Å². The summed E-state index contributed by atoms with van der Waals surface area (Å²) in [6.45, 7) is 2.91. The highest BCUT2D eigenvalue weighted by molar-refractivity contribution is 6.30. The summed E-state index contributed by atoms with van der Waals surface area (Å²) in [7, 11) is 0. The summed E-state index contributed by atoms with van der Waals surface area (Å²) in [5.74, 6) is -0.921. The zero-order chi connectivity index (χ0) is 21.8. The largest absolute Gasteiger partial charge is 0.481 e. The first-order valence-corrected chi connectivity index (χ1v) is 11.6. The number of piperidine rings is 1. The van der Waals surface area contributed by atoms with E-state index in [1.807, 2.05) is 24.3 Å². The summed E-state index contributed by atoms with van der Waals surface area (Å²) in [5.41, 5.74) is 4.86. The summed E-state index contributed by atoms with van der Waals surface area (Å²) < 4.78 is 0. The molecule has 2 aliphatic rings. The first-order chi connectivity index (χ1) is 15.0. The lowest BCUT2D eigenvalue weighted by molar-refractivity contribution is -0.143. The van der Waals surface area contributed by atoms with Gasteiger partial charge in [-0.15, -0.1) is 0 Å². The number of halogens is 1. The van der Waals surface area contributed by atoms with E-state index in [0.29, 0.717) is 24.2 Å². The molecule has 0 radical (unpaired) electrons. The van der Waals surface area contributed by atoms with Gasteiger partial charge in [0.25, 0.3) is 0 Å². The summed E-state index contributed by atoms with van der Waals surface area (Å²) in [6, 6.07) is 14.4. The zero-order valence-corrected chi connectivity index (χ0v) is 18.5. The van der Waals surface area contributed by atoms with E-state index in [1.54, 1.807) is 0 Å². The average Bonchev–Trinajstić information content (AvgIpc) is 2.77. The van der Waals surface area contributed by atoms with Gasteiger partial charge in [-0.3, -0.25) is 9.69 Å². The smallest absolute Gasteiger partial charge is 0.307 e. The van der Waals surface area contributed by atoms with Crippen LogP contribution >= 0.6 is 11.6 Å². The Kier molecular flexibility index (Phi) is 7.28. The fraction of sp³-hybridized carbons (Fsp3) is 0.480. The summed E-state index contributed by atoms with van der Waals surface area (Å²) in [4.78, 5) is 13.6. The van der Waals surface area contributed by atoms with Crippen LogP contribution < -0.4 is 5.32 Å². The van der Waals surface area contributed by atoms with Gasteiger partial charge < -0.3 is 15.5 Å². The monoisotopic (exact) mass is 442 g/mol. The molecule has 2 aromatic carbocycles. The van der Waals surface area contributed by atoms with Crippen molar-refractivity contribution in [3.05, 3.63) is 69.7 Å². The van der Waals surface area contributed by atoms with Gasteiger partial charge in [-0.2, -0.15) is 0 Å². The van der Waals surface area contributed by atoms with Crippen LogP contribution in [0.15, 0.2) is 42.5 Å². The minimum Gasteiger partial charge on any atom is -0.481 e. The molecule has 3 atom stereocenters. The molecule has 1 unspecified atom stereocenters. The zero-order valence-electron chi connectivity index (χ0n) is 17.8. The summed E-state index contributed by atoms with van der Waals surface area (Å²) in [6.07, 6.45) is 4.19. The van der Waals surface area contributed by atoms with Gasteiger partial charge in [0.05, 0.1) is 12.0 Å². The average molecular weight is 443 g/mol. The van der Waals surface area contributed by atoms with Crippen LogP contribution in [0.1, 0.15) is 47.6 Å². The lowest BCUT2D eigenvalue weighted by Crippen LogP contribution is -2.38. The maximum Gasteiger partial charge on any atom is 0.307 e. The Morgan fingerprint density at radius 2 is 2.06 bits per heavy atom. The number of hydrogen-bond donors (Lipinski definition) is 3. The number of hydrogen-bond acceptors (Lipinski definition) is 4. The summed E-state index contributed by atoms with van der Waals surface area (Å²) in [5, 5.41) is 24.0. The number of aliphatic hydroxyl groups is 1. The minimum atomic E-state index is -0.677. The van der Waals surface area contributed by atoms with Gasteiger partial charge >= 0.3 is 5.97 Å². The molecule has 6 heteroatoms. The number of aliphatic carboxylic acids is 1. The minimum absolute atomic E-state index is 0.245. The van der Waals surface area contributed by atoms with Gasteiger partial charge in [-0.1, -0.05) is 41.9 Å². The molecular weight excluding hydrogens is 412 g/mol. The van der Waals surface area contributed by atoms with Crippen molar-refractivity contribution < 1.29 is 15.0 Å². The van der Waals surface area contributed by atoms with E-state index in [4.69, 9.17) is 11.6 Å². The number of nitrogens with one attached hydrogen (secondary N) is 1. The molecule has 5 nitrogen and oxygen atoms in total.